The van der Waals surface area contributed by atoms with Crippen LogP contribution in [-0.4, -0.2) is 43.9 Å². The Balaban J connectivity index is 2.55. The van der Waals surface area contributed by atoms with Gasteiger partial charge in [0.2, 0.25) is 11.8 Å². The van der Waals surface area contributed by atoms with Crippen LogP contribution in [-0.2, 0) is 16.0 Å². The first-order valence-electron chi connectivity index (χ1n) is 6.78. The third-order valence-corrected chi connectivity index (χ3v) is 3.29. The normalized spacial score (nSPS) is 11.8. The van der Waals surface area contributed by atoms with E-state index in [0.29, 0.717) is 25.9 Å². The molecule has 1 atom stereocenters. The van der Waals surface area contributed by atoms with Gasteiger partial charge in [0, 0.05) is 33.6 Å². The van der Waals surface area contributed by atoms with Crippen molar-refractivity contribution in [2.45, 2.75) is 12.8 Å². The summed E-state index contributed by atoms with van der Waals surface area (Å²) >= 11 is 0. The van der Waals surface area contributed by atoms with Crippen molar-refractivity contribution in [3.8, 4) is 0 Å². The molecule has 110 valence electrons. The molecule has 0 aliphatic heterocycles. The summed E-state index contributed by atoms with van der Waals surface area (Å²) in [6.45, 7) is 0.710. The molecule has 5 heteroatoms. The molecule has 0 radical (unpaired) electrons. The zero-order valence-corrected chi connectivity index (χ0v) is 12.1. The topological polar surface area (TPSA) is 75.4 Å². The number of amides is 2. The van der Waals surface area contributed by atoms with Crippen molar-refractivity contribution < 1.29 is 9.59 Å². The molecule has 0 saturated carbocycles. The van der Waals surface area contributed by atoms with Gasteiger partial charge in [-0.05, 0) is 12.0 Å². The average molecular weight is 277 g/mol. The molecular weight excluding hydrogens is 254 g/mol. The summed E-state index contributed by atoms with van der Waals surface area (Å²) < 4.78 is 0. The summed E-state index contributed by atoms with van der Waals surface area (Å²) in [6, 6.07) is 9.81. The zero-order chi connectivity index (χ0) is 15.0. The Morgan fingerprint density at radius 1 is 1.30 bits per heavy atom. The highest BCUT2D eigenvalue weighted by atomic mass is 16.2. The molecule has 1 unspecified atom stereocenters. The molecule has 0 aliphatic rings. The minimum Gasteiger partial charge on any atom is -0.359 e. The lowest BCUT2D eigenvalue weighted by Gasteiger charge is -2.22. The second-order valence-electron chi connectivity index (χ2n) is 4.81. The van der Waals surface area contributed by atoms with Crippen molar-refractivity contribution in [2.24, 2.45) is 11.7 Å². The van der Waals surface area contributed by atoms with Crippen molar-refractivity contribution in [1.29, 1.82) is 0 Å². The van der Waals surface area contributed by atoms with E-state index in [1.54, 1.807) is 19.0 Å². The first kappa shape index (κ1) is 16.2. The molecule has 0 fully saturated rings. The number of rotatable bonds is 7. The molecule has 1 aromatic carbocycles. The summed E-state index contributed by atoms with van der Waals surface area (Å²) in [6.07, 6.45) is 0.932. The van der Waals surface area contributed by atoms with E-state index in [-0.39, 0.29) is 17.7 Å². The Hall–Kier alpha value is -1.88. The van der Waals surface area contributed by atoms with Crippen LogP contribution in [0.1, 0.15) is 12.0 Å². The third kappa shape index (κ3) is 5.01. The number of hydrogen-bond donors (Lipinski definition) is 2. The largest absolute Gasteiger partial charge is 0.359 e. The summed E-state index contributed by atoms with van der Waals surface area (Å²) in [7, 11) is 3.29. The molecule has 20 heavy (non-hydrogen) atoms. The highest BCUT2D eigenvalue weighted by molar-refractivity contribution is 5.80. The fourth-order valence-corrected chi connectivity index (χ4v) is 1.99. The van der Waals surface area contributed by atoms with E-state index < -0.39 is 0 Å². The highest BCUT2D eigenvalue weighted by Crippen LogP contribution is 2.10. The van der Waals surface area contributed by atoms with Gasteiger partial charge >= 0.3 is 0 Å². The number of nitrogens with one attached hydrogen (secondary N) is 1. The first-order chi connectivity index (χ1) is 9.58. The van der Waals surface area contributed by atoms with Crippen LogP contribution in [0.5, 0.6) is 0 Å². The van der Waals surface area contributed by atoms with Gasteiger partial charge in [0.1, 0.15) is 0 Å². The Kier molecular flexibility index (Phi) is 6.73. The van der Waals surface area contributed by atoms with Crippen molar-refractivity contribution >= 4 is 11.8 Å². The summed E-state index contributed by atoms with van der Waals surface area (Å²) in [4.78, 5) is 25.1. The van der Waals surface area contributed by atoms with Crippen molar-refractivity contribution in [1.82, 2.24) is 10.2 Å². The van der Waals surface area contributed by atoms with Gasteiger partial charge in [-0.2, -0.15) is 0 Å². The second kappa shape index (κ2) is 8.32. The van der Waals surface area contributed by atoms with Gasteiger partial charge in [0.25, 0.3) is 0 Å². The molecule has 0 bridgehead atoms. The number of benzene rings is 1. The lowest BCUT2D eigenvalue weighted by atomic mass is 9.98. The summed E-state index contributed by atoms with van der Waals surface area (Å²) in [5, 5.41) is 2.54. The molecule has 2 amide bonds. The number of hydrogen-bond acceptors (Lipinski definition) is 3. The fraction of sp³-hybridized carbons (Fsp3) is 0.467. The predicted octanol–water partition coefficient (Wildman–Crippen LogP) is 0.399. The summed E-state index contributed by atoms with van der Waals surface area (Å²) in [5.41, 5.74) is 6.81. The quantitative estimate of drug-likeness (QED) is 0.757. The van der Waals surface area contributed by atoms with Gasteiger partial charge in [-0.3, -0.25) is 9.59 Å². The van der Waals surface area contributed by atoms with E-state index in [2.05, 4.69) is 5.32 Å². The average Bonchev–Trinajstić information content (AvgIpc) is 2.50. The second-order valence-corrected chi connectivity index (χ2v) is 4.81. The first-order valence-corrected chi connectivity index (χ1v) is 6.78. The van der Waals surface area contributed by atoms with E-state index in [4.69, 9.17) is 5.73 Å². The number of carbonyl (C=O) groups is 2. The molecule has 5 nitrogen and oxygen atoms in total. The number of nitrogens with two attached hydrogens (primary N) is 1. The molecule has 1 rings (SSSR count). The maximum Gasteiger partial charge on any atom is 0.227 e. The van der Waals surface area contributed by atoms with Gasteiger partial charge in [-0.1, -0.05) is 30.3 Å². The van der Waals surface area contributed by atoms with Crippen molar-refractivity contribution in [3.05, 3.63) is 35.9 Å². The van der Waals surface area contributed by atoms with Gasteiger partial charge in [-0.25, -0.2) is 0 Å². The van der Waals surface area contributed by atoms with Crippen LogP contribution in [0.25, 0.3) is 0 Å². The predicted molar refractivity (Wildman–Crippen MR) is 79.0 cm³/mol. The lowest BCUT2D eigenvalue weighted by molar-refractivity contribution is -0.134. The maximum absolute atomic E-state index is 12.3. The van der Waals surface area contributed by atoms with E-state index >= 15 is 0 Å². The van der Waals surface area contributed by atoms with Gasteiger partial charge in [0.05, 0.1) is 5.92 Å². The molecule has 0 spiro atoms. The monoisotopic (exact) mass is 277 g/mol. The molecule has 0 saturated heterocycles. The molecule has 3 N–H and O–H groups in total. The van der Waals surface area contributed by atoms with Gasteiger partial charge < -0.3 is 16.0 Å². The Morgan fingerprint density at radius 2 is 1.95 bits per heavy atom. The van der Waals surface area contributed by atoms with E-state index in [1.165, 1.54) is 0 Å². The van der Waals surface area contributed by atoms with Gasteiger partial charge in [-0.15, -0.1) is 0 Å². The molecule has 0 aromatic heterocycles. The number of nitrogens with zero attached hydrogens (tertiary/aromatic N) is 1. The third-order valence-electron chi connectivity index (χ3n) is 3.29. The van der Waals surface area contributed by atoms with Crippen molar-refractivity contribution in [3.63, 3.8) is 0 Å². The zero-order valence-electron chi connectivity index (χ0n) is 12.1. The van der Waals surface area contributed by atoms with E-state index in [0.717, 1.165) is 5.56 Å². The minimum atomic E-state index is -0.243. The van der Waals surface area contributed by atoms with E-state index in [9.17, 15) is 9.59 Å². The minimum absolute atomic E-state index is 0.0137. The van der Waals surface area contributed by atoms with Crippen LogP contribution < -0.4 is 11.1 Å². The van der Waals surface area contributed by atoms with Crippen LogP contribution in [0.15, 0.2) is 30.3 Å². The smallest absolute Gasteiger partial charge is 0.227 e. The Labute approximate surface area is 120 Å². The van der Waals surface area contributed by atoms with Crippen LogP contribution in [0.2, 0.25) is 0 Å². The van der Waals surface area contributed by atoms with Crippen LogP contribution >= 0.6 is 0 Å². The molecule has 0 aliphatic carbocycles. The lowest BCUT2D eigenvalue weighted by Crippen LogP contribution is -2.39. The van der Waals surface area contributed by atoms with Gasteiger partial charge in [0.15, 0.2) is 0 Å². The highest BCUT2D eigenvalue weighted by Gasteiger charge is 2.21. The Bertz CT molecular complexity index is 434. The summed E-state index contributed by atoms with van der Waals surface area (Å²) in [5.74, 6) is -0.329. The number of carbonyl (C=O) groups excluding carboxylic acids is 2. The molecule has 1 aromatic rings. The fourth-order valence-electron chi connectivity index (χ4n) is 1.99. The standard InChI is InChI=1S/C15H23N3O2/c1-17-14(19)8-9-18(2)15(20)13(11-16)10-12-6-4-3-5-7-12/h3-7,13H,8-11,16H2,1-2H3,(H,17,19). The van der Waals surface area contributed by atoms with E-state index in [1.807, 2.05) is 30.3 Å². The Morgan fingerprint density at radius 3 is 2.50 bits per heavy atom. The SMILES string of the molecule is CNC(=O)CCN(C)C(=O)C(CN)Cc1ccccc1. The van der Waals surface area contributed by atoms with Crippen LogP contribution in [0.3, 0.4) is 0 Å². The van der Waals surface area contributed by atoms with Crippen LogP contribution in [0, 0.1) is 5.92 Å². The van der Waals surface area contributed by atoms with Crippen LogP contribution in [0.4, 0.5) is 0 Å². The molecular formula is C15H23N3O2. The molecule has 0 heterocycles. The van der Waals surface area contributed by atoms with Crippen molar-refractivity contribution in [2.75, 3.05) is 27.2 Å². The maximum atomic E-state index is 12.3.